The zero-order valence-corrected chi connectivity index (χ0v) is 14.7. The van der Waals surface area contributed by atoms with Gasteiger partial charge in [0.1, 0.15) is 5.65 Å². The summed E-state index contributed by atoms with van der Waals surface area (Å²) in [4.78, 5) is 18.1. The molecule has 4 aromatic rings. The number of H-pyrrole nitrogens is 1. The van der Waals surface area contributed by atoms with Crippen LogP contribution >= 0.6 is 12.2 Å². The summed E-state index contributed by atoms with van der Waals surface area (Å²) in [5.74, 6) is 0. The molecule has 0 bridgehead atoms. The van der Waals surface area contributed by atoms with Crippen LogP contribution in [0.2, 0.25) is 0 Å². The summed E-state index contributed by atoms with van der Waals surface area (Å²) in [5, 5.41) is 10.9. The Balaban J connectivity index is 1.88. The van der Waals surface area contributed by atoms with Crippen LogP contribution in [0.3, 0.4) is 0 Å². The van der Waals surface area contributed by atoms with Gasteiger partial charge in [0, 0.05) is 30.1 Å². The molecule has 0 aliphatic heterocycles. The third kappa shape index (κ3) is 2.78. The monoisotopic (exact) mass is 362 g/mol. The van der Waals surface area contributed by atoms with Crippen molar-refractivity contribution in [1.82, 2.24) is 14.4 Å². The van der Waals surface area contributed by atoms with Gasteiger partial charge in [0.25, 0.3) is 5.69 Å². The fraction of sp³-hybridized carbons (Fsp3) is 0.0526. The van der Waals surface area contributed by atoms with Crippen LogP contribution < -0.4 is 0 Å². The van der Waals surface area contributed by atoms with E-state index in [1.807, 2.05) is 29.7 Å². The summed E-state index contributed by atoms with van der Waals surface area (Å²) in [5.41, 5.74) is 5.66. The number of aromatic amines is 1. The summed E-state index contributed by atoms with van der Waals surface area (Å²) >= 11 is 5.34. The van der Waals surface area contributed by atoms with Gasteiger partial charge in [-0.05, 0) is 42.4 Å². The van der Waals surface area contributed by atoms with Crippen molar-refractivity contribution in [2.75, 3.05) is 0 Å². The first kappa shape index (κ1) is 16.2. The Hall–Kier alpha value is -3.32. The maximum absolute atomic E-state index is 10.9. The second-order valence-electron chi connectivity index (χ2n) is 6.01. The number of rotatable bonds is 3. The molecule has 0 radical (unpaired) electrons. The molecule has 26 heavy (non-hydrogen) atoms. The molecule has 0 atom stereocenters. The van der Waals surface area contributed by atoms with Crippen LogP contribution in [0.4, 0.5) is 5.69 Å². The first-order valence-corrected chi connectivity index (χ1v) is 8.36. The molecule has 1 N–H and O–H groups in total. The molecule has 0 unspecified atom stereocenters. The standard InChI is InChI=1S/C19H14N4O2S/c1-12-2-4-14(5-3-12)17-11-22-18(21-17)16(10-20-19(22)26)13-6-8-15(9-7-13)23(24)25/h2-11,21H,1H3. The fourth-order valence-electron chi connectivity index (χ4n) is 2.86. The van der Waals surface area contributed by atoms with Gasteiger partial charge >= 0.3 is 0 Å². The zero-order chi connectivity index (χ0) is 18.3. The Morgan fingerprint density at radius 3 is 2.38 bits per heavy atom. The molecule has 2 aromatic heterocycles. The van der Waals surface area contributed by atoms with Gasteiger partial charge in [-0.1, -0.05) is 29.8 Å². The lowest BCUT2D eigenvalue weighted by Gasteiger charge is -2.03. The predicted molar refractivity (Wildman–Crippen MR) is 103 cm³/mol. The molecule has 0 fully saturated rings. The third-order valence-corrected chi connectivity index (χ3v) is 4.57. The SMILES string of the molecule is Cc1ccc(-c2cn3c(=S)ncc(-c4ccc([N+](=O)[O-])cc4)c3[nH]2)cc1. The first-order valence-electron chi connectivity index (χ1n) is 7.95. The number of nitrogens with zero attached hydrogens (tertiary/aromatic N) is 3. The predicted octanol–water partition coefficient (Wildman–Crippen LogP) is 4.94. The lowest BCUT2D eigenvalue weighted by Crippen LogP contribution is -1.93. The maximum atomic E-state index is 10.9. The lowest BCUT2D eigenvalue weighted by atomic mass is 10.1. The average Bonchev–Trinajstić information content (AvgIpc) is 3.09. The Labute approximate surface area is 153 Å². The highest BCUT2D eigenvalue weighted by Gasteiger charge is 2.12. The molecule has 0 aliphatic carbocycles. The van der Waals surface area contributed by atoms with Gasteiger partial charge in [-0.2, -0.15) is 0 Å². The number of hydrogen-bond donors (Lipinski definition) is 1. The lowest BCUT2D eigenvalue weighted by molar-refractivity contribution is -0.384. The summed E-state index contributed by atoms with van der Waals surface area (Å²) in [7, 11) is 0. The van der Waals surface area contributed by atoms with E-state index in [2.05, 4.69) is 22.1 Å². The minimum atomic E-state index is -0.414. The van der Waals surface area contributed by atoms with E-state index < -0.39 is 4.92 Å². The fourth-order valence-corrected chi connectivity index (χ4v) is 3.06. The highest BCUT2D eigenvalue weighted by molar-refractivity contribution is 7.71. The highest BCUT2D eigenvalue weighted by Crippen LogP contribution is 2.28. The Kier molecular flexibility index (Phi) is 3.85. The molecule has 0 aliphatic rings. The molecule has 128 valence electrons. The van der Waals surface area contributed by atoms with Gasteiger partial charge in [0.2, 0.25) is 4.77 Å². The van der Waals surface area contributed by atoms with Crippen molar-refractivity contribution < 1.29 is 4.92 Å². The van der Waals surface area contributed by atoms with Crippen LogP contribution in [0.5, 0.6) is 0 Å². The second kappa shape index (κ2) is 6.20. The molecule has 2 aromatic carbocycles. The molecule has 4 rings (SSSR count). The van der Waals surface area contributed by atoms with Crippen LogP contribution in [0, 0.1) is 21.8 Å². The number of non-ortho nitro benzene ring substituents is 1. The molecule has 0 saturated heterocycles. The van der Waals surface area contributed by atoms with Crippen molar-refractivity contribution >= 4 is 23.6 Å². The normalized spacial score (nSPS) is 11.0. The van der Waals surface area contributed by atoms with E-state index in [0.717, 1.165) is 28.0 Å². The molecular weight excluding hydrogens is 348 g/mol. The largest absolute Gasteiger partial charge is 0.339 e. The van der Waals surface area contributed by atoms with Gasteiger partial charge in [0.15, 0.2) is 0 Å². The number of nitro benzene ring substituents is 1. The number of imidazole rings is 1. The summed E-state index contributed by atoms with van der Waals surface area (Å²) in [6, 6.07) is 14.6. The minimum Gasteiger partial charge on any atom is -0.339 e. The Morgan fingerprint density at radius 2 is 1.73 bits per heavy atom. The van der Waals surface area contributed by atoms with E-state index >= 15 is 0 Å². The number of aromatic nitrogens is 3. The summed E-state index contributed by atoms with van der Waals surface area (Å²) in [6.45, 7) is 2.04. The maximum Gasteiger partial charge on any atom is 0.269 e. The van der Waals surface area contributed by atoms with E-state index in [1.165, 1.54) is 17.7 Å². The van der Waals surface area contributed by atoms with Crippen LogP contribution in [0.15, 0.2) is 60.9 Å². The average molecular weight is 362 g/mol. The van der Waals surface area contributed by atoms with Crippen LogP contribution in [-0.4, -0.2) is 19.3 Å². The molecule has 0 amide bonds. The minimum absolute atomic E-state index is 0.0531. The van der Waals surface area contributed by atoms with Gasteiger partial charge < -0.3 is 4.98 Å². The van der Waals surface area contributed by atoms with E-state index in [4.69, 9.17) is 12.2 Å². The van der Waals surface area contributed by atoms with E-state index in [1.54, 1.807) is 18.3 Å². The van der Waals surface area contributed by atoms with E-state index in [0.29, 0.717) is 4.77 Å². The van der Waals surface area contributed by atoms with Crippen molar-refractivity contribution in [3.8, 4) is 22.4 Å². The van der Waals surface area contributed by atoms with Crippen molar-refractivity contribution in [1.29, 1.82) is 0 Å². The number of benzene rings is 2. The quantitative estimate of drug-likeness (QED) is 0.318. The van der Waals surface area contributed by atoms with Gasteiger partial charge in [-0.15, -0.1) is 0 Å². The summed E-state index contributed by atoms with van der Waals surface area (Å²) < 4.78 is 2.27. The van der Waals surface area contributed by atoms with Gasteiger partial charge in [-0.3, -0.25) is 14.5 Å². The molecular formula is C19H14N4O2S. The molecule has 2 heterocycles. The zero-order valence-electron chi connectivity index (χ0n) is 13.8. The Bertz CT molecular complexity index is 1180. The smallest absolute Gasteiger partial charge is 0.269 e. The number of hydrogen-bond acceptors (Lipinski definition) is 4. The number of nitro groups is 1. The Morgan fingerprint density at radius 1 is 1.08 bits per heavy atom. The highest BCUT2D eigenvalue weighted by atomic mass is 32.1. The first-order chi connectivity index (χ1) is 12.5. The van der Waals surface area contributed by atoms with Gasteiger partial charge in [-0.25, -0.2) is 4.98 Å². The van der Waals surface area contributed by atoms with Crippen LogP contribution in [0.25, 0.3) is 28.0 Å². The van der Waals surface area contributed by atoms with Gasteiger partial charge in [0.05, 0.1) is 10.6 Å². The third-order valence-electron chi connectivity index (χ3n) is 4.27. The number of fused-ring (bicyclic) bond motifs is 1. The van der Waals surface area contributed by atoms with Crippen molar-refractivity contribution in [3.05, 3.63) is 81.4 Å². The summed E-state index contributed by atoms with van der Waals surface area (Å²) in [6.07, 6.45) is 3.61. The van der Waals surface area contributed by atoms with Crippen LogP contribution in [-0.2, 0) is 0 Å². The molecule has 0 saturated carbocycles. The van der Waals surface area contributed by atoms with Crippen molar-refractivity contribution in [3.63, 3.8) is 0 Å². The number of aryl methyl sites for hydroxylation is 1. The van der Waals surface area contributed by atoms with Crippen molar-refractivity contribution in [2.24, 2.45) is 0 Å². The number of nitrogens with one attached hydrogen (secondary N) is 1. The van der Waals surface area contributed by atoms with E-state index in [-0.39, 0.29) is 5.69 Å². The van der Waals surface area contributed by atoms with Crippen LogP contribution in [0.1, 0.15) is 5.56 Å². The molecule has 0 spiro atoms. The molecule has 7 heteroatoms. The second-order valence-corrected chi connectivity index (χ2v) is 6.38. The molecule has 6 nitrogen and oxygen atoms in total. The topological polar surface area (TPSA) is 76.2 Å². The van der Waals surface area contributed by atoms with Crippen molar-refractivity contribution in [2.45, 2.75) is 6.92 Å². The van der Waals surface area contributed by atoms with E-state index in [9.17, 15) is 10.1 Å².